The van der Waals surface area contributed by atoms with Crippen LogP contribution in [-0.4, -0.2) is 64.3 Å². The van der Waals surface area contributed by atoms with Crippen LogP contribution in [0.25, 0.3) is 0 Å². The number of ether oxygens (including phenoxy) is 2. The predicted molar refractivity (Wildman–Crippen MR) is 70.4 cm³/mol. The molecule has 21 heavy (non-hydrogen) atoms. The Morgan fingerprint density at radius 2 is 2.10 bits per heavy atom. The lowest BCUT2D eigenvalue weighted by atomic mass is 9.51. The topological polar surface area (TPSA) is 99.5 Å². The van der Waals surface area contributed by atoms with Crippen LogP contribution < -0.4 is 0 Å². The third kappa shape index (κ3) is 1.22. The molecule has 6 heteroatoms. The summed E-state index contributed by atoms with van der Waals surface area (Å²) in [5, 5.41) is 31.1. The maximum absolute atomic E-state index is 12.2. The molecule has 2 bridgehead atoms. The molecule has 3 fully saturated rings. The minimum absolute atomic E-state index is 0.0621. The summed E-state index contributed by atoms with van der Waals surface area (Å²) in [6.45, 7) is 3.60. The van der Waals surface area contributed by atoms with Crippen LogP contribution in [0.15, 0.2) is 11.6 Å². The van der Waals surface area contributed by atoms with E-state index in [2.05, 4.69) is 0 Å². The van der Waals surface area contributed by atoms with E-state index >= 15 is 0 Å². The van der Waals surface area contributed by atoms with E-state index < -0.39 is 40.8 Å². The van der Waals surface area contributed by atoms with E-state index in [0.717, 1.165) is 0 Å². The average Bonchev–Trinajstić information content (AvgIpc) is 3.24. The molecular weight excluding hydrogens is 276 g/mol. The Kier molecular flexibility index (Phi) is 2.47. The van der Waals surface area contributed by atoms with Gasteiger partial charge in [0.15, 0.2) is 5.78 Å². The van der Waals surface area contributed by atoms with Crippen molar-refractivity contribution in [2.75, 3.05) is 13.2 Å². The second-order valence-corrected chi connectivity index (χ2v) is 7.06. The molecule has 0 aromatic carbocycles. The number of rotatable bonds is 1. The van der Waals surface area contributed by atoms with Crippen molar-refractivity contribution in [1.29, 1.82) is 0 Å². The molecule has 0 amide bonds. The summed E-state index contributed by atoms with van der Waals surface area (Å²) in [6.07, 6.45) is -1.49. The maximum Gasteiger partial charge on any atom is 0.159 e. The van der Waals surface area contributed by atoms with Gasteiger partial charge in [0.2, 0.25) is 0 Å². The Hall–Kier alpha value is -0.790. The van der Waals surface area contributed by atoms with Crippen molar-refractivity contribution < 1.29 is 29.6 Å². The van der Waals surface area contributed by atoms with Crippen LogP contribution in [0.5, 0.6) is 0 Å². The maximum atomic E-state index is 12.2. The number of epoxide rings is 1. The Bertz CT molecular complexity index is 552. The quantitative estimate of drug-likeness (QED) is 0.546. The number of allylic oxidation sites excluding steroid dienone is 1. The minimum atomic E-state index is -1.10. The molecule has 4 rings (SSSR count). The van der Waals surface area contributed by atoms with Gasteiger partial charge >= 0.3 is 0 Å². The van der Waals surface area contributed by atoms with Crippen molar-refractivity contribution in [1.82, 2.24) is 0 Å². The first kappa shape index (κ1) is 13.8. The van der Waals surface area contributed by atoms with E-state index in [-0.39, 0.29) is 18.8 Å². The highest BCUT2D eigenvalue weighted by atomic mass is 16.6. The largest absolute Gasteiger partial charge is 0.396 e. The van der Waals surface area contributed by atoms with Crippen molar-refractivity contribution in [2.24, 2.45) is 10.8 Å². The normalized spacial score (nSPS) is 58.1. The summed E-state index contributed by atoms with van der Waals surface area (Å²) < 4.78 is 11.6. The van der Waals surface area contributed by atoms with Crippen molar-refractivity contribution in [3.8, 4) is 0 Å². The van der Waals surface area contributed by atoms with Crippen molar-refractivity contribution in [3.63, 3.8) is 0 Å². The Morgan fingerprint density at radius 3 is 2.67 bits per heavy atom. The van der Waals surface area contributed by atoms with Gasteiger partial charge in [0.05, 0.1) is 25.4 Å². The number of Topliss-reactive ketones (excluding diaryl/α,β-unsaturated/α-hetero) is 1. The summed E-state index contributed by atoms with van der Waals surface area (Å²) in [6, 6.07) is 0. The molecule has 6 nitrogen and oxygen atoms in total. The first-order valence-electron chi connectivity index (χ1n) is 7.32. The summed E-state index contributed by atoms with van der Waals surface area (Å²) in [5.74, 6) is -0.0621. The van der Waals surface area contributed by atoms with Gasteiger partial charge in [0.1, 0.15) is 17.8 Å². The van der Waals surface area contributed by atoms with Gasteiger partial charge in [-0.15, -0.1) is 0 Å². The summed E-state index contributed by atoms with van der Waals surface area (Å²) in [7, 11) is 0. The molecule has 116 valence electrons. The minimum Gasteiger partial charge on any atom is -0.396 e. The van der Waals surface area contributed by atoms with Crippen LogP contribution in [0, 0.1) is 10.8 Å². The lowest BCUT2D eigenvalue weighted by Gasteiger charge is -2.57. The molecule has 2 heterocycles. The lowest BCUT2D eigenvalue weighted by Crippen LogP contribution is -2.67. The fourth-order valence-electron chi connectivity index (χ4n) is 4.90. The molecule has 0 unspecified atom stereocenters. The number of aliphatic hydroxyl groups is 3. The van der Waals surface area contributed by atoms with Gasteiger partial charge < -0.3 is 24.8 Å². The average molecular weight is 296 g/mol. The van der Waals surface area contributed by atoms with E-state index in [1.54, 1.807) is 19.9 Å². The molecule has 1 saturated carbocycles. The van der Waals surface area contributed by atoms with Gasteiger partial charge in [0.25, 0.3) is 0 Å². The fourth-order valence-corrected chi connectivity index (χ4v) is 4.90. The molecule has 7 atom stereocenters. The van der Waals surface area contributed by atoms with Crippen LogP contribution in [0.2, 0.25) is 0 Å². The van der Waals surface area contributed by atoms with E-state index in [1.165, 1.54) is 0 Å². The number of ketones is 1. The number of carbonyl (C=O) groups excluding carboxylic acids is 1. The van der Waals surface area contributed by atoms with Crippen LogP contribution in [0.3, 0.4) is 0 Å². The SMILES string of the molecule is CC1=C[C@H]2O[C@@H]3[C@H](O)[C@@H](O)[C@](C)([C@@]2(CO)CC1=O)[C@]31CO1. The van der Waals surface area contributed by atoms with Gasteiger partial charge in [-0.2, -0.15) is 0 Å². The number of carbonyl (C=O) groups is 1. The van der Waals surface area contributed by atoms with Crippen molar-refractivity contribution in [3.05, 3.63) is 11.6 Å². The number of aliphatic hydroxyl groups excluding tert-OH is 3. The van der Waals surface area contributed by atoms with Crippen LogP contribution in [-0.2, 0) is 14.3 Å². The third-order valence-electron chi connectivity index (χ3n) is 6.49. The van der Waals surface area contributed by atoms with Crippen LogP contribution in [0.1, 0.15) is 20.3 Å². The predicted octanol–water partition coefficient (Wildman–Crippen LogP) is -0.838. The second-order valence-electron chi connectivity index (χ2n) is 7.06. The molecule has 0 radical (unpaired) electrons. The molecule has 2 aliphatic heterocycles. The van der Waals surface area contributed by atoms with E-state index in [0.29, 0.717) is 12.2 Å². The molecule has 4 aliphatic rings. The van der Waals surface area contributed by atoms with E-state index in [4.69, 9.17) is 9.47 Å². The highest BCUT2D eigenvalue weighted by molar-refractivity contribution is 5.96. The van der Waals surface area contributed by atoms with E-state index in [9.17, 15) is 20.1 Å². The molecule has 1 spiro atoms. The zero-order chi connectivity index (χ0) is 15.2. The molecule has 0 aromatic rings. The number of hydrogen-bond acceptors (Lipinski definition) is 6. The Morgan fingerprint density at radius 1 is 1.43 bits per heavy atom. The van der Waals surface area contributed by atoms with Crippen LogP contribution in [0.4, 0.5) is 0 Å². The highest BCUT2D eigenvalue weighted by Gasteiger charge is 2.84. The smallest absolute Gasteiger partial charge is 0.159 e. The molecule has 0 aromatic heterocycles. The number of fused-ring (bicyclic) bond motifs is 2. The highest BCUT2D eigenvalue weighted by Crippen LogP contribution is 2.70. The number of hydrogen-bond donors (Lipinski definition) is 3. The molecule has 2 aliphatic carbocycles. The zero-order valence-corrected chi connectivity index (χ0v) is 12.1. The van der Waals surface area contributed by atoms with Gasteiger partial charge in [0, 0.05) is 17.3 Å². The third-order valence-corrected chi connectivity index (χ3v) is 6.49. The van der Waals surface area contributed by atoms with Gasteiger partial charge in [-0.1, -0.05) is 6.92 Å². The Balaban J connectivity index is 1.94. The Labute approximate surface area is 122 Å². The molecule has 2 saturated heterocycles. The first-order valence-corrected chi connectivity index (χ1v) is 7.32. The summed E-state index contributed by atoms with van der Waals surface area (Å²) in [5.41, 5.74) is -2.09. The molecule has 3 N–H and O–H groups in total. The molecular formula is C15H20O6. The standard InChI is InChI=1S/C15H20O6/c1-7-3-9-14(5-16,4-8(7)17)13(2)11(19)10(18)12(21-9)15(13)6-20-15/h3,9-12,16,18-19H,4-6H2,1-2H3/t9-,10-,11-,12-,13-,14-,15+/m1/s1. The second kappa shape index (κ2) is 3.75. The van der Waals surface area contributed by atoms with Gasteiger partial charge in [-0.05, 0) is 18.6 Å². The lowest BCUT2D eigenvalue weighted by molar-refractivity contribution is -0.224. The van der Waals surface area contributed by atoms with Crippen molar-refractivity contribution in [2.45, 2.75) is 50.3 Å². The van der Waals surface area contributed by atoms with Crippen LogP contribution >= 0.6 is 0 Å². The fraction of sp³-hybridized carbons (Fsp3) is 0.800. The van der Waals surface area contributed by atoms with Gasteiger partial charge in [-0.3, -0.25) is 4.79 Å². The van der Waals surface area contributed by atoms with Gasteiger partial charge in [-0.25, -0.2) is 0 Å². The van der Waals surface area contributed by atoms with E-state index in [1.807, 2.05) is 0 Å². The monoisotopic (exact) mass is 296 g/mol. The zero-order valence-electron chi connectivity index (χ0n) is 12.1. The van der Waals surface area contributed by atoms with Crippen molar-refractivity contribution >= 4 is 5.78 Å². The summed E-state index contributed by atoms with van der Waals surface area (Å²) >= 11 is 0. The summed E-state index contributed by atoms with van der Waals surface area (Å²) in [4.78, 5) is 12.2. The first-order chi connectivity index (χ1) is 9.84.